The van der Waals surface area contributed by atoms with Crippen LogP contribution >= 0.6 is 11.8 Å². The van der Waals surface area contributed by atoms with Crippen LogP contribution in [0.1, 0.15) is 33.6 Å². The monoisotopic (exact) mass is 343 g/mol. The maximum absolute atomic E-state index is 12.5. The van der Waals surface area contributed by atoms with E-state index < -0.39 is 17.7 Å². The smallest absolute Gasteiger partial charge is 0.411 e. The molecular formula is C16H29N3O3S. The van der Waals surface area contributed by atoms with E-state index in [1.807, 2.05) is 34.9 Å². The molecule has 7 heteroatoms. The van der Waals surface area contributed by atoms with E-state index in [1.165, 1.54) is 17.7 Å². The highest BCUT2D eigenvalue weighted by Gasteiger charge is 2.38. The molecule has 2 atom stereocenters. The van der Waals surface area contributed by atoms with Crippen LogP contribution in [-0.4, -0.2) is 71.8 Å². The number of carbonyl (C=O) groups is 2. The highest BCUT2D eigenvalue weighted by Crippen LogP contribution is 2.34. The molecule has 1 saturated carbocycles. The zero-order valence-electron chi connectivity index (χ0n) is 14.8. The molecule has 1 unspecified atom stereocenters. The maximum atomic E-state index is 12.5. The average Bonchev–Trinajstić information content (AvgIpc) is 3.11. The molecule has 0 aromatic carbocycles. The number of nitrogens with zero attached hydrogens (tertiary/aromatic N) is 2. The molecule has 2 amide bonds. The zero-order chi connectivity index (χ0) is 17.2. The van der Waals surface area contributed by atoms with Gasteiger partial charge >= 0.3 is 6.09 Å². The summed E-state index contributed by atoms with van der Waals surface area (Å²) in [6, 6.07) is -0.0557. The van der Waals surface area contributed by atoms with Crippen LogP contribution in [0.4, 0.5) is 4.79 Å². The fourth-order valence-electron chi connectivity index (χ4n) is 2.74. The molecule has 2 fully saturated rings. The summed E-state index contributed by atoms with van der Waals surface area (Å²) in [5.41, 5.74) is -0.548. The van der Waals surface area contributed by atoms with Crippen molar-refractivity contribution in [1.82, 2.24) is 15.1 Å². The molecule has 1 aliphatic heterocycles. The van der Waals surface area contributed by atoms with Crippen LogP contribution in [0.15, 0.2) is 0 Å². The van der Waals surface area contributed by atoms with E-state index >= 15 is 0 Å². The van der Waals surface area contributed by atoms with Crippen molar-refractivity contribution in [1.29, 1.82) is 0 Å². The first-order chi connectivity index (χ1) is 10.7. The Hall–Kier alpha value is -0.950. The van der Waals surface area contributed by atoms with Gasteiger partial charge in [-0.2, -0.15) is 0 Å². The van der Waals surface area contributed by atoms with Crippen LogP contribution in [0.5, 0.6) is 0 Å². The number of amides is 2. The Morgan fingerprint density at radius 2 is 2.00 bits per heavy atom. The number of likely N-dealkylation sites (N-methyl/N-ethyl adjacent to an activating group) is 1. The summed E-state index contributed by atoms with van der Waals surface area (Å²) in [5, 5.41) is 3.03. The average molecular weight is 343 g/mol. The molecule has 0 radical (unpaired) electrons. The third kappa shape index (κ3) is 5.28. The summed E-state index contributed by atoms with van der Waals surface area (Å²) in [6.07, 6.45) is 2.07. The Balaban J connectivity index is 1.88. The van der Waals surface area contributed by atoms with Crippen LogP contribution in [-0.2, 0) is 9.53 Å². The van der Waals surface area contributed by atoms with Gasteiger partial charge in [0.1, 0.15) is 11.6 Å². The van der Waals surface area contributed by atoms with Crippen LogP contribution in [0.2, 0.25) is 0 Å². The fraction of sp³-hybridized carbons (Fsp3) is 0.875. The molecule has 0 aromatic rings. The standard InChI is InChI=1S/C16H29N3O3S/c1-16(2,3)22-15(21)19-10-23-9-13(19)14(20)17-8-12(18(4)5)11-6-7-11/h11-13H,6-10H2,1-5H3,(H,17,20)/t12?,13-/m0/s1. The van der Waals surface area contributed by atoms with Gasteiger partial charge in [0.05, 0.1) is 5.88 Å². The quantitative estimate of drug-likeness (QED) is 0.824. The van der Waals surface area contributed by atoms with Crippen molar-refractivity contribution in [2.24, 2.45) is 5.92 Å². The van der Waals surface area contributed by atoms with Crippen LogP contribution in [0.25, 0.3) is 0 Å². The largest absolute Gasteiger partial charge is 0.444 e. The Bertz CT molecular complexity index is 444. The topological polar surface area (TPSA) is 61.9 Å². The van der Waals surface area contributed by atoms with Gasteiger partial charge in [-0.3, -0.25) is 9.69 Å². The number of ether oxygens (including phenoxy) is 1. The molecular weight excluding hydrogens is 314 g/mol. The Morgan fingerprint density at radius 1 is 1.35 bits per heavy atom. The molecule has 0 bridgehead atoms. The number of carbonyl (C=O) groups excluding carboxylic acids is 2. The van der Waals surface area contributed by atoms with E-state index in [0.717, 1.165) is 0 Å². The molecule has 0 aromatic heterocycles. The maximum Gasteiger partial charge on any atom is 0.411 e. The lowest BCUT2D eigenvalue weighted by Gasteiger charge is -2.29. The summed E-state index contributed by atoms with van der Waals surface area (Å²) in [4.78, 5) is 28.5. The summed E-state index contributed by atoms with van der Waals surface area (Å²) in [5.74, 6) is 1.74. The molecule has 132 valence electrons. The Morgan fingerprint density at radius 3 is 2.52 bits per heavy atom. The Kier molecular flexibility index (Phi) is 5.84. The molecule has 6 nitrogen and oxygen atoms in total. The van der Waals surface area contributed by atoms with Crippen molar-refractivity contribution in [2.75, 3.05) is 32.3 Å². The van der Waals surface area contributed by atoms with Crippen molar-refractivity contribution in [3.8, 4) is 0 Å². The second-order valence-corrected chi connectivity index (χ2v) is 8.58. The number of hydrogen-bond donors (Lipinski definition) is 1. The van der Waals surface area contributed by atoms with Gasteiger partial charge in [-0.15, -0.1) is 11.8 Å². The first-order valence-corrected chi connectivity index (χ1v) is 9.36. The van der Waals surface area contributed by atoms with Gasteiger partial charge in [0.2, 0.25) is 5.91 Å². The summed E-state index contributed by atoms with van der Waals surface area (Å²) in [7, 11) is 4.10. The molecule has 1 aliphatic carbocycles. The van der Waals surface area contributed by atoms with E-state index in [4.69, 9.17) is 4.74 Å². The lowest BCUT2D eigenvalue weighted by atomic mass is 10.1. The van der Waals surface area contributed by atoms with Crippen LogP contribution in [0.3, 0.4) is 0 Å². The third-order valence-corrected chi connectivity index (χ3v) is 5.14. The van der Waals surface area contributed by atoms with Crippen molar-refractivity contribution in [3.63, 3.8) is 0 Å². The SMILES string of the molecule is CN(C)C(CNC(=O)[C@@H]1CSCN1C(=O)OC(C)(C)C)C1CC1. The van der Waals surface area contributed by atoms with Gasteiger partial charge in [0.25, 0.3) is 0 Å². The molecule has 1 N–H and O–H groups in total. The van der Waals surface area contributed by atoms with Gasteiger partial charge in [-0.25, -0.2) is 4.79 Å². The normalized spacial score (nSPS) is 23.0. The molecule has 0 spiro atoms. The van der Waals surface area contributed by atoms with Crippen molar-refractivity contribution < 1.29 is 14.3 Å². The molecule has 23 heavy (non-hydrogen) atoms. The van der Waals surface area contributed by atoms with Crippen LogP contribution < -0.4 is 5.32 Å². The minimum absolute atomic E-state index is 0.0756. The van der Waals surface area contributed by atoms with Crippen molar-refractivity contribution in [2.45, 2.75) is 51.3 Å². The highest BCUT2D eigenvalue weighted by molar-refractivity contribution is 7.99. The van der Waals surface area contributed by atoms with Crippen molar-refractivity contribution >= 4 is 23.8 Å². The van der Waals surface area contributed by atoms with Crippen LogP contribution in [0, 0.1) is 5.92 Å². The number of nitrogens with one attached hydrogen (secondary N) is 1. The number of thioether (sulfide) groups is 1. The van der Waals surface area contributed by atoms with Gasteiger partial charge in [0, 0.05) is 18.3 Å². The van der Waals surface area contributed by atoms with Crippen molar-refractivity contribution in [3.05, 3.63) is 0 Å². The number of rotatable bonds is 5. The second-order valence-electron chi connectivity index (χ2n) is 7.58. The summed E-state index contributed by atoms with van der Waals surface area (Å²) in [6.45, 7) is 6.14. The second kappa shape index (κ2) is 7.30. The first-order valence-electron chi connectivity index (χ1n) is 8.20. The molecule has 2 aliphatic rings. The van der Waals surface area contributed by atoms with Gasteiger partial charge in [-0.05, 0) is 53.6 Å². The van der Waals surface area contributed by atoms with Gasteiger partial charge in [-0.1, -0.05) is 0 Å². The zero-order valence-corrected chi connectivity index (χ0v) is 15.6. The minimum Gasteiger partial charge on any atom is -0.444 e. The summed E-state index contributed by atoms with van der Waals surface area (Å²) >= 11 is 1.59. The first kappa shape index (κ1) is 18.4. The van der Waals surface area contributed by atoms with E-state index in [2.05, 4.69) is 10.2 Å². The number of hydrogen-bond acceptors (Lipinski definition) is 5. The molecule has 2 rings (SSSR count). The lowest BCUT2D eigenvalue weighted by molar-refractivity contribution is -0.125. The fourth-order valence-corrected chi connectivity index (χ4v) is 3.88. The van der Waals surface area contributed by atoms with E-state index in [1.54, 1.807) is 11.8 Å². The predicted molar refractivity (Wildman–Crippen MR) is 92.4 cm³/mol. The van der Waals surface area contributed by atoms with Gasteiger partial charge in [0.15, 0.2) is 0 Å². The third-order valence-electron chi connectivity index (χ3n) is 4.13. The van der Waals surface area contributed by atoms with E-state index in [0.29, 0.717) is 30.1 Å². The van der Waals surface area contributed by atoms with E-state index in [-0.39, 0.29) is 5.91 Å². The Labute approximate surface area is 143 Å². The minimum atomic E-state index is -0.548. The predicted octanol–water partition coefficient (Wildman–Crippen LogP) is 1.75. The summed E-state index contributed by atoms with van der Waals surface area (Å²) < 4.78 is 5.40. The molecule has 1 heterocycles. The molecule has 1 saturated heterocycles. The van der Waals surface area contributed by atoms with E-state index in [9.17, 15) is 9.59 Å². The van der Waals surface area contributed by atoms with Gasteiger partial charge < -0.3 is 15.0 Å². The lowest BCUT2D eigenvalue weighted by Crippen LogP contribution is -2.51. The highest BCUT2D eigenvalue weighted by atomic mass is 32.2.